The zero-order valence-corrected chi connectivity index (χ0v) is 13.3. The molecule has 3 unspecified atom stereocenters. The highest BCUT2D eigenvalue weighted by molar-refractivity contribution is 5.74. The van der Waals surface area contributed by atoms with Crippen LogP contribution in [0.3, 0.4) is 0 Å². The second kappa shape index (κ2) is 5.87. The Bertz CT molecular complexity index is 558. The number of amides is 2. The smallest absolute Gasteiger partial charge is 0.315 e. The number of hydrogen-bond donors (Lipinski definition) is 3. The number of nitrogens with one attached hydrogen (secondary N) is 2. The summed E-state index contributed by atoms with van der Waals surface area (Å²) in [4.78, 5) is 16.6. The van der Waals surface area contributed by atoms with E-state index in [9.17, 15) is 9.90 Å². The number of carbonyl (C=O) groups excluding carboxylic acids is 1. The van der Waals surface area contributed by atoms with Gasteiger partial charge < -0.3 is 15.7 Å². The summed E-state index contributed by atoms with van der Waals surface area (Å²) in [5.74, 6) is 1.78. The van der Waals surface area contributed by atoms with E-state index in [2.05, 4.69) is 20.7 Å². The van der Waals surface area contributed by atoms with Crippen molar-refractivity contribution >= 4 is 6.03 Å². The van der Waals surface area contributed by atoms with Gasteiger partial charge in [0.2, 0.25) is 0 Å². The second-order valence-electron chi connectivity index (χ2n) is 6.87. The number of aliphatic hydroxyl groups excluding tert-OH is 1. The summed E-state index contributed by atoms with van der Waals surface area (Å²) in [6.07, 6.45) is 4.66. The molecule has 0 radical (unpaired) electrons. The lowest BCUT2D eigenvalue weighted by Gasteiger charge is -2.31. The van der Waals surface area contributed by atoms with Gasteiger partial charge in [-0.05, 0) is 26.2 Å². The summed E-state index contributed by atoms with van der Waals surface area (Å²) in [6.45, 7) is 4.71. The molecule has 0 bridgehead atoms. The van der Waals surface area contributed by atoms with E-state index in [4.69, 9.17) is 0 Å². The Labute approximate surface area is 130 Å². The SMILES string of the molecule is Cc1nc2n(n1)CC(NC(=O)NC1CCCC1(C)CO)CC2. The highest BCUT2D eigenvalue weighted by atomic mass is 16.3. The number of rotatable bonds is 3. The van der Waals surface area contributed by atoms with Gasteiger partial charge in [0, 0.05) is 17.9 Å². The number of aryl methyl sites for hydroxylation is 2. The zero-order chi connectivity index (χ0) is 15.7. The molecular formula is C15H25N5O2. The van der Waals surface area contributed by atoms with Gasteiger partial charge in [-0.1, -0.05) is 13.3 Å². The molecule has 1 aliphatic heterocycles. The monoisotopic (exact) mass is 307 g/mol. The Morgan fingerprint density at radius 1 is 1.45 bits per heavy atom. The predicted octanol–water partition coefficient (Wildman–Crippen LogP) is 0.752. The molecule has 2 aliphatic rings. The largest absolute Gasteiger partial charge is 0.396 e. The van der Waals surface area contributed by atoms with Crippen LogP contribution in [0.1, 0.15) is 44.3 Å². The molecule has 2 amide bonds. The molecule has 3 atom stereocenters. The summed E-state index contributed by atoms with van der Waals surface area (Å²) in [6, 6.07) is -0.0162. The summed E-state index contributed by atoms with van der Waals surface area (Å²) < 4.78 is 1.89. The molecule has 1 saturated carbocycles. The van der Waals surface area contributed by atoms with Crippen LogP contribution in [-0.4, -0.2) is 44.6 Å². The summed E-state index contributed by atoms with van der Waals surface area (Å²) in [5, 5.41) is 20.0. The van der Waals surface area contributed by atoms with Gasteiger partial charge in [-0.15, -0.1) is 0 Å². The van der Waals surface area contributed by atoms with Crippen LogP contribution in [0.15, 0.2) is 0 Å². The fourth-order valence-corrected chi connectivity index (χ4v) is 3.61. The maximum absolute atomic E-state index is 12.2. The number of fused-ring (bicyclic) bond motifs is 1. The van der Waals surface area contributed by atoms with Crippen LogP contribution in [0.4, 0.5) is 4.79 Å². The van der Waals surface area contributed by atoms with Crippen molar-refractivity contribution < 1.29 is 9.90 Å². The van der Waals surface area contributed by atoms with Crippen molar-refractivity contribution in [2.75, 3.05) is 6.61 Å². The molecule has 2 heterocycles. The summed E-state index contributed by atoms with van der Waals surface area (Å²) >= 11 is 0. The molecular weight excluding hydrogens is 282 g/mol. The third-order valence-electron chi connectivity index (χ3n) is 5.05. The molecule has 1 aliphatic carbocycles. The first-order valence-corrected chi connectivity index (χ1v) is 8.08. The minimum atomic E-state index is -0.194. The topological polar surface area (TPSA) is 92.1 Å². The van der Waals surface area contributed by atoms with E-state index in [1.165, 1.54) is 0 Å². The predicted molar refractivity (Wildman–Crippen MR) is 81.4 cm³/mol. The summed E-state index contributed by atoms with van der Waals surface area (Å²) in [5.41, 5.74) is -0.194. The van der Waals surface area contributed by atoms with Crippen LogP contribution in [0.5, 0.6) is 0 Å². The molecule has 122 valence electrons. The maximum Gasteiger partial charge on any atom is 0.315 e. The zero-order valence-electron chi connectivity index (χ0n) is 13.3. The van der Waals surface area contributed by atoms with Crippen LogP contribution < -0.4 is 10.6 Å². The van der Waals surface area contributed by atoms with Crippen LogP contribution in [0, 0.1) is 12.3 Å². The van der Waals surface area contributed by atoms with Gasteiger partial charge in [0.1, 0.15) is 11.6 Å². The van der Waals surface area contributed by atoms with Crippen molar-refractivity contribution in [3.63, 3.8) is 0 Å². The van der Waals surface area contributed by atoms with E-state index >= 15 is 0 Å². The number of urea groups is 1. The molecule has 7 nitrogen and oxygen atoms in total. The maximum atomic E-state index is 12.2. The minimum absolute atomic E-state index is 0.0465. The van der Waals surface area contributed by atoms with E-state index < -0.39 is 0 Å². The lowest BCUT2D eigenvalue weighted by atomic mass is 9.86. The highest BCUT2D eigenvalue weighted by Gasteiger charge is 2.39. The van der Waals surface area contributed by atoms with Crippen LogP contribution in [0.25, 0.3) is 0 Å². The Balaban J connectivity index is 1.55. The Kier molecular flexibility index (Phi) is 4.08. The molecule has 0 aromatic carbocycles. The van der Waals surface area contributed by atoms with Gasteiger partial charge in [-0.3, -0.25) is 0 Å². The molecule has 1 aromatic heterocycles. The average molecular weight is 307 g/mol. The second-order valence-corrected chi connectivity index (χ2v) is 6.87. The lowest BCUT2D eigenvalue weighted by Crippen LogP contribution is -2.52. The van der Waals surface area contributed by atoms with Crippen molar-refractivity contribution in [2.45, 2.75) is 64.6 Å². The van der Waals surface area contributed by atoms with E-state index in [1.54, 1.807) is 0 Å². The molecule has 0 spiro atoms. The first-order valence-electron chi connectivity index (χ1n) is 8.08. The Morgan fingerprint density at radius 2 is 2.27 bits per heavy atom. The minimum Gasteiger partial charge on any atom is -0.396 e. The van der Waals surface area contributed by atoms with Crippen molar-refractivity contribution in [1.29, 1.82) is 0 Å². The Hall–Kier alpha value is -1.63. The third-order valence-corrected chi connectivity index (χ3v) is 5.05. The molecule has 3 N–H and O–H groups in total. The molecule has 1 fully saturated rings. The molecule has 0 saturated heterocycles. The van der Waals surface area contributed by atoms with Crippen molar-refractivity contribution in [3.05, 3.63) is 11.6 Å². The van der Waals surface area contributed by atoms with Crippen LogP contribution in [-0.2, 0) is 13.0 Å². The van der Waals surface area contributed by atoms with Gasteiger partial charge in [0.15, 0.2) is 0 Å². The van der Waals surface area contributed by atoms with Gasteiger partial charge in [0.25, 0.3) is 0 Å². The Morgan fingerprint density at radius 3 is 3.05 bits per heavy atom. The quantitative estimate of drug-likeness (QED) is 0.768. The van der Waals surface area contributed by atoms with Crippen molar-refractivity contribution in [1.82, 2.24) is 25.4 Å². The molecule has 7 heteroatoms. The van der Waals surface area contributed by atoms with E-state index in [0.29, 0.717) is 6.54 Å². The van der Waals surface area contributed by atoms with Crippen molar-refractivity contribution in [3.8, 4) is 0 Å². The van der Waals surface area contributed by atoms with Gasteiger partial charge in [-0.2, -0.15) is 5.10 Å². The number of nitrogens with zero attached hydrogens (tertiary/aromatic N) is 3. The fraction of sp³-hybridized carbons (Fsp3) is 0.800. The van der Waals surface area contributed by atoms with Gasteiger partial charge in [0.05, 0.1) is 19.2 Å². The summed E-state index contributed by atoms with van der Waals surface area (Å²) in [7, 11) is 0. The van der Waals surface area contributed by atoms with E-state index in [0.717, 1.165) is 43.8 Å². The van der Waals surface area contributed by atoms with Crippen molar-refractivity contribution in [2.24, 2.45) is 5.41 Å². The van der Waals surface area contributed by atoms with E-state index in [-0.39, 0.29) is 30.1 Å². The number of hydrogen-bond acceptors (Lipinski definition) is 4. The fourth-order valence-electron chi connectivity index (χ4n) is 3.61. The first kappa shape index (κ1) is 15.3. The van der Waals surface area contributed by atoms with Crippen LogP contribution in [0.2, 0.25) is 0 Å². The van der Waals surface area contributed by atoms with Gasteiger partial charge in [-0.25, -0.2) is 14.5 Å². The van der Waals surface area contributed by atoms with Gasteiger partial charge >= 0.3 is 6.03 Å². The lowest BCUT2D eigenvalue weighted by molar-refractivity contribution is 0.120. The first-order chi connectivity index (χ1) is 10.5. The molecule has 22 heavy (non-hydrogen) atoms. The average Bonchev–Trinajstić information content (AvgIpc) is 3.01. The standard InChI is InChI=1S/C15H25N5O2/c1-10-16-13-6-5-11(8-20(13)19-10)17-14(22)18-12-4-3-7-15(12,2)9-21/h11-12,21H,3-9H2,1-2H3,(H2,17,18,22). The van der Waals surface area contributed by atoms with Crippen LogP contribution >= 0.6 is 0 Å². The third kappa shape index (κ3) is 2.95. The highest BCUT2D eigenvalue weighted by Crippen LogP contribution is 2.37. The molecule has 1 aromatic rings. The normalized spacial score (nSPS) is 30.9. The number of aromatic nitrogens is 3. The molecule has 3 rings (SSSR count). The van der Waals surface area contributed by atoms with E-state index in [1.807, 2.05) is 18.5 Å². The number of aliphatic hydroxyl groups is 1. The number of carbonyl (C=O) groups is 1.